The van der Waals surface area contributed by atoms with Crippen LogP contribution in [0.3, 0.4) is 0 Å². The summed E-state index contributed by atoms with van der Waals surface area (Å²) >= 11 is 12.5. The van der Waals surface area contributed by atoms with E-state index in [0.717, 1.165) is 36.0 Å². The van der Waals surface area contributed by atoms with E-state index in [1.807, 2.05) is 43.3 Å². The number of carbonyl (C=O) groups excluding carboxylic acids is 2. The maximum absolute atomic E-state index is 13.6. The maximum Gasteiger partial charge on any atom is 0.255 e. The summed E-state index contributed by atoms with van der Waals surface area (Å²) in [6.07, 6.45) is 3.46. The first-order valence-electron chi connectivity index (χ1n) is 11.4. The average Bonchev–Trinajstić information content (AvgIpc) is 3.02. The molecule has 1 saturated carbocycles. The van der Waals surface area contributed by atoms with Gasteiger partial charge in [0.05, 0.1) is 11.3 Å². The van der Waals surface area contributed by atoms with Crippen LogP contribution in [0.4, 0.5) is 11.4 Å². The van der Waals surface area contributed by atoms with Crippen molar-refractivity contribution in [3.8, 4) is 0 Å². The van der Waals surface area contributed by atoms with E-state index >= 15 is 0 Å². The summed E-state index contributed by atoms with van der Waals surface area (Å²) in [5, 5.41) is 10.7. The van der Waals surface area contributed by atoms with E-state index < -0.39 is 5.54 Å². The van der Waals surface area contributed by atoms with Gasteiger partial charge in [0.2, 0.25) is 0 Å². The van der Waals surface area contributed by atoms with E-state index in [1.165, 1.54) is 0 Å². The Morgan fingerprint density at radius 2 is 1.82 bits per heavy atom. The Bertz CT molecular complexity index is 1290. The quantitative estimate of drug-likeness (QED) is 0.389. The van der Waals surface area contributed by atoms with Gasteiger partial charge in [-0.25, -0.2) is 0 Å². The van der Waals surface area contributed by atoms with Gasteiger partial charge >= 0.3 is 0 Å². The van der Waals surface area contributed by atoms with E-state index in [0.29, 0.717) is 33.4 Å². The minimum Gasteiger partial charge on any atom is -0.366 e. The van der Waals surface area contributed by atoms with Crippen LogP contribution in [-0.4, -0.2) is 17.9 Å². The van der Waals surface area contributed by atoms with Crippen molar-refractivity contribution in [3.63, 3.8) is 0 Å². The highest BCUT2D eigenvalue weighted by Crippen LogP contribution is 2.43. The number of halogens is 2. The lowest BCUT2D eigenvalue weighted by molar-refractivity contribution is -0.119. The SMILES string of the molecule is Cc1cccc(C(=O)NC2CCC2)c1NC1(Cc2cccc(Cl)c2)C(=O)Nc2cc(Cl)ccc21. The minimum absolute atomic E-state index is 0.136. The normalized spacial score (nSPS) is 19.2. The molecule has 1 heterocycles. The topological polar surface area (TPSA) is 70.2 Å². The van der Waals surface area contributed by atoms with Crippen molar-refractivity contribution in [1.29, 1.82) is 0 Å². The molecule has 0 bridgehead atoms. The van der Waals surface area contributed by atoms with Gasteiger partial charge in [-0.15, -0.1) is 0 Å². The van der Waals surface area contributed by atoms with Crippen LogP contribution in [0.15, 0.2) is 60.7 Å². The predicted molar refractivity (Wildman–Crippen MR) is 137 cm³/mol. The molecular formula is C27H25Cl2N3O2. The summed E-state index contributed by atoms with van der Waals surface area (Å²) in [5.41, 5.74) is 3.21. The number of benzene rings is 3. The summed E-state index contributed by atoms with van der Waals surface area (Å²) in [7, 11) is 0. The summed E-state index contributed by atoms with van der Waals surface area (Å²) in [6.45, 7) is 1.94. The molecule has 3 aromatic carbocycles. The van der Waals surface area contributed by atoms with Crippen molar-refractivity contribution in [2.45, 2.75) is 44.2 Å². The standard InChI is InChI=1S/C27H25Cl2N3O2/c1-16-5-2-10-21(25(33)30-20-8-4-9-20)24(16)32-27(15-17-6-3-7-18(28)13-17)22-12-11-19(29)14-23(22)31-26(27)34/h2-3,5-7,10-14,20,32H,4,8-9,15H2,1H3,(H,30,33)(H,31,34). The molecule has 2 amide bonds. The number of anilines is 2. The maximum atomic E-state index is 13.6. The van der Waals surface area contributed by atoms with Gasteiger partial charge in [-0.1, -0.05) is 53.5 Å². The molecule has 1 fully saturated rings. The van der Waals surface area contributed by atoms with Crippen LogP contribution >= 0.6 is 23.2 Å². The molecule has 0 saturated heterocycles. The smallest absolute Gasteiger partial charge is 0.255 e. The van der Waals surface area contributed by atoms with Crippen molar-refractivity contribution in [2.75, 3.05) is 10.6 Å². The summed E-state index contributed by atoms with van der Waals surface area (Å²) in [6, 6.07) is 18.7. The molecule has 1 aliphatic carbocycles. The van der Waals surface area contributed by atoms with Crippen molar-refractivity contribution in [2.24, 2.45) is 0 Å². The van der Waals surface area contributed by atoms with E-state index in [1.54, 1.807) is 24.3 Å². The molecule has 0 radical (unpaired) electrons. The van der Waals surface area contributed by atoms with E-state index in [-0.39, 0.29) is 17.9 Å². The number of nitrogens with one attached hydrogen (secondary N) is 3. The van der Waals surface area contributed by atoms with Gasteiger partial charge < -0.3 is 16.0 Å². The van der Waals surface area contributed by atoms with Gasteiger partial charge in [0.15, 0.2) is 0 Å². The summed E-state index contributed by atoms with van der Waals surface area (Å²) < 4.78 is 0. The first-order chi connectivity index (χ1) is 16.4. The monoisotopic (exact) mass is 493 g/mol. The molecule has 5 rings (SSSR count). The Hall–Kier alpha value is -3.02. The number of para-hydroxylation sites is 1. The Balaban J connectivity index is 1.61. The lowest BCUT2D eigenvalue weighted by Gasteiger charge is -2.32. The highest BCUT2D eigenvalue weighted by atomic mass is 35.5. The molecule has 5 nitrogen and oxygen atoms in total. The zero-order valence-electron chi connectivity index (χ0n) is 18.8. The molecule has 1 unspecified atom stereocenters. The molecule has 3 N–H and O–H groups in total. The van der Waals surface area contributed by atoms with Gasteiger partial charge in [-0.3, -0.25) is 9.59 Å². The molecule has 1 atom stereocenters. The first-order valence-corrected chi connectivity index (χ1v) is 12.2. The van der Waals surface area contributed by atoms with E-state index in [4.69, 9.17) is 23.2 Å². The fraction of sp³-hybridized carbons (Fsp3) is 0.259. The van der Waals surface area contributed by atoms with Crippen molar-refractivity contribution < 1.29 is 9.59 Å². The van der Waals surface area contributed by atoms with Crippen LogP contribution in [0.1, 0.15) is 46.3 Å². The van der Waals surface area contributed by atoms with Crippen LogP contribution in [0.2, 0.25) is 10.0 Å². The van der Waals surface area contributed by atoms with Crippen LogP contribution < -0.4 is 16.0 Å². The second-order valence-electron chi connectivity index (χ2n) is 9.08. The fourth-order valence-corrected chi connectivity index (χ4v) is 5.08. The number of carbonyl (C=O) groups is 2. The summed E-state index contributed by atoms with van der Waals surface area (Å²) in [4.78, 5) is 26.8. The zero-order valence-corrected chi connectivity index (χ0v) is 20.3. The van der Waals surface area contributed by atoms with Crippen LogP contribution in [0.25, 0.3) is 0 Å². The van der Waals surface area contributed by atoms with Crippen molar-refractivity contribution in [1.82, 2.24) is 5.32 Å². The van der Waals surface area contributed by atoms with Gasteiger partial charge in [0.1, 0.15) is 5.54 Å². The molecule has 174 valence electrons. The molecule has 0 spiro atoms. The third-order valence-corrected chi connectivity index (χ3v) is 7.20. The number of hydrogen-bond donors (Lipinski definition) is 3. The molecular weight excluding hydrogens is 469 g/mol. The average molecular weight is 494 g/mol. The number of rotatable bonds is 6. The molecule has 34 heavy (non-hydrogen) atoms. The Morgan fingerprint density at radius 1 is 1.06 bits per heavy atom. The van der Waals surface area contributed by atoms with Crippen LogP contribution in [0, 0.1) is 6.92 Å². The van der Waals surface area contributed by atoms with Gasteiger partial charge in [-0.2, -0.15) is 0 Å². The lowest BCUT2D eigenvalue weighted by Crippen LogP contribution is -2.45. The molecule has 7 heteroatoms. The van der Waals surface area contributed by atoms with Crippen LogP contribution in [-0.2, 0) is 16.8 Å². The zero-order chi connectivity index (χ0) is 23.9. The third kappa shape index (κ3) is 4.15. The number of hydrogen-bond acceptors (Lipinski definition) is 3. The second-order valence-corrected chi connectivity index (χ2v) is 9.95. The number of aryl methyl sites for hydroxylation is 1. The molecule has 1 aliphatic heterocycles. The van der Waals surface area contributed by atoms with Crippen molar-refractivity contribution >= 4 is 46.4 Å². The highest BCUT2D eigenvalue weighted by Gasteiger charge is 2.48. The molecule has 2 aliphatic rings. The molecule has 0 aromatic heterocycles. The third-order valence-electron chi connectivity index (χ3n) is 6.73. The lowest BCUT2D eigenvalue weighted by atomic mass is 9.83. The summed E-state index contributed by atoms with van der Waals surface area (Å²) in [5.74, 6) is -0.345. The van der Waals surface area contributed by atoms with Gasteiger partial charge in [-0.05, 0) is 67.6 Å². The fourth-order valence-electron chi connectivity index (χ4n) is 4.69. The van der Waals surface area contributed by atoms with E-state index in [9.17, 15) is 9.59 Å². The van der Waals surface area contributed by atoms with Gasteiger partial charge in [0, 0.05) is 33.8 Å². The number of fused-ring (bicyclic) bond motifs is 1. The van der Waals surface area contributed by atoms with Crippen molar-refractivity contribution in [3.05, 3.63) is 93.0 Å². The second kappa shape index (κ2) is 8.97. The molecule has 3 aromatic rings. The predicted octanol–water partition coefficient (Wildman–Crippen LogP) is 6.09. The first kappa shape index (κ1) is 22.8. The minimum atomic E-state index is -1.15. The van der Waals surface area contributed by atoms with E-state index in [2.05, 4.69) is 16.0 Å². The Labute approximate surface area is 208 Å². The Morgan fingerprint density at radius 3 is 2.56 bits per heavy atom. The number of amides is 2. The Kier molecular flexibility index (Phi) is 6.00. The van der Waals surface area contributed by atoms with Gasteiger partial charge in [0.25, 0.3) is 11.8 Å². The largest absolute Gasteiger partial charge is 0.366 e. The van der Waals surface area contributed by atoms with Crippen LogP contribution in [0.5, 0.6) is 0 Å². The highest BCUT2D eigenvalue weighted by molar-refractivity contribution is 6.31.